The molecule has 2 aromatic heterocycles. The minimum Gasteiger partial charge on any atom is -0.469 e. The number of aliphatic imine (C=N–C) groups is 1. The Kier molecular flexibility index (Phi) is 9.70. The Balaban J connectivity index is 0.00000320. The van der Waals surface area contributed by atoms with Gasteiger partial charge in [-0.2, -0.15) is 0 Å². The first kappa shape index (κ1) is 24.3. The molecule has 1 saturated heterocycles. The van der Waals surface area contributed by atoms with Gasteiger partial charge in [0, 0.05) is 65.6 Å². The summed E-state index contributed by atoms with van der Waals surface area (Å²) in [6.07, 6.45) is 5.84. The first-order valence-corrected chi connectivity index (χ1v) is 10.0. The fraction of sp³-hybridized carbons (Fsp3) is 0.450. The Labute approximate surface area is 199 Å². The second-order valence-corrected chi connectivity index (χ2v) is 7.39. The molecule has 0 radical (unpaired) electrons. The van der Waals surface area contributed by atoms with Gasteiger partial charge in [-0.3, -0.25) is 9.78 Å². The number of hydrogen-bond acceptors (Lipinski definition) is 5. The van der Waals surface area contributed by atoms with Gasteiger partial charge in [0.05, 0.1) is 17.0 Å². The van der Waals surface area contributed by atoms with E-state index < -0.39 is 0 Å². The molecule has 0 unspecified atom stereocenters. The maximum absolute atomic E-state index is 12.0. The van der Waals surface area contributed by atoms with Gasteiger partial charge in [-0.15, -0.1) is 24.0 Å². The van der Waals surface area contributed by atoms with E-state index in [0.29, 0.717) is 11.6 Å². The monoisotopic (exact) mass is 546 g/mol. The average molecular weight is 547 g/mol. The molecular weight excluding hydrogens is 519 g/mol. The highest BCUT2D eigenvalue weighted by Gasteiger charge is 2.21. The second-order valence-electron chi connectivity index (χ2n) is 6.99. The van der Waals surface area contributed by atoms with E-state index in [2.05, 4.69) is 25.1 Å². The summed E-state index contributed by atoms with van der Waals surface area (Å²) in [5, 5.41) is 4.03. The lowest BCUT2D eigenvalue weighted by molar-refractivity contribution is -0.127. The number of nitrogens with one attached hydrogen (secondary N) is 1. The fourth-order valence-corrected chi connectivity index (χ4v) is 3.33. The fourth-order valence-electron chi connectivity index (χ4n) is 3.09. The van der Waals surface area contributed by atoms with Crippen LogP contribution < -0.4 is 10.2 Å². The first-order chi connectivity index (χ1) is 14.0. The van der Waals surface area contributed by atoms with E-state index in [1.165, 1.54) is 0 Å². The molecule has 0 atom stereocenters. The van der Waals surface area contributed by atoms with E-state index in [1.807, 2.05) is 18.2 Å². The normalized spacial score (nSPS) is 14.3. The molecule has 0 saturated carbocycles. The number of carbonyl (C=O) groups excluding carboxylic acids is 1. The van der Waals surface area contributed by atoms with Crippen LogP contribution in [0.2, 0.25) is 5.02 Å². The predicted octanol–water partition coefficient (Wildman–Crippen LogP) is 2.34. The summed E-state index contributed by atoms with van der Waals surface area (Å²) in [4.78, 5) is 26.6. The quantitative estimate of drug-likeness (QED) is 0.341. The number of carbonyl (C=O) groups is 1. The number of anilines is 1. The highest BCUT2D eigenvalue weighted by molar-refractivity contribution is 14.0. The van der Waals surface area contributed by atoms with Gasteiger partial charge >= 0.3 is 0 Å². The van der Waals surface area contributed by atoms with E-state index in [0.717, 1.165) is 50.0 Å². The molecule has 1 N–H and O–H groups in total. The first-order valence-electron chi connectivity index (χ1n) is 9.65. The zero-order valence-corrected chi connectivity index (χ0v) is 20.3. The highest BCUT2D eigenvalue weighted by atomic mass is 127. The molecule has 8 nitrogen and oxygen atoms in total. The van der Waals surface area contributed by atoms with E-state index in [4.69, 9.17) is 16.0 Å². The summed E-state index contributed by atoms with van der Waals surface area (Å²) in [7, 11) is 3.47. The number of guanidine groups is 1. The van der Waals surface area contributed by atoms with Crippen LogP contribution in [-0.2, 0) is 11.2 Å². The van der Waals surface area contributed by atoms with E-state index in [1.54, 1.807) is 37.7 Å². The lowest BCUT2D eigenvalue weighted by Gasteiger charge is -2.38. The summed E-state index contributed by atoms with van der Waals surface area (Å²) >= 11 is 6.28. The molecule has 1 fully saturated rings. The molecule has 1 amide bonds. The van der Waals surface area contributed by atoms with E-state index in [9.17, 15) is 4.79 Å². The molecule has 3 rings (SSSR count). The van der Waals surface area contributed by atoms with Crippen LogP contribution in [-0.4, -0.2) is 80.0 Å². The summed E-state index contributed by atoms with van der Waals surface area (Å²) in [5.41, 5.74) is 0.994. The summed E-state index contributed by atoms with van der Waals surface area (Å²) in [5.74, 6) is 1.63. The van der Waals surface area contributed by atoms with Crippen LogP contribution in [0.1, 0.15) is 5.76 Å². The minimum atomic E-state index is -0.0301. The third-order valence-electron chi connectivity index (χ3n) is 4.77. The Morgan fingerprint density at radius 3 is 2.70 bits per heavy atom. The number of pyridine rings is 1. The van der Waals surface area contributed by atoms with Gasteiger partial charge < -0.3 is 24.4 Å². The lowest BCUT2D eigenvalue weighted by Crippen LogP contribution is -2.53. The van der Waals surface area contributed by atoms with E-state index >= 15 is 0 Å². The van der Waals surface area contributed by atoms with Crippen LogP contribution in [0, 0.1) is 0 Å². The Bertz CT molecular complexity index is 822. The lowest BCUT2D eigenvalue weighted by atomic mass is 10.2. The number of hydrogen-bond donors (Lipinski definition) is 1. The van der Waals surface area contributed by atoms with Crippen molar-refractivity contribution in [3.63, 3.8) is 0 Å². The minimum absolute atomic E-state index is 0. The number of halogens is 2. The van der Waals surface area contributed by atoms with Crippen molar-refractivity contribution in [1.29, 1.82) is 0 Å². The smallest absolute Gasteiger partial charge is 0.243 e. The third-order valence-corrected chi connectivity index (χ3v) is 5.06. The predicted molar refractivity (Wildman–Crippen MR) is 130 cm³/mol. The van der Waals surface area contributed by atoms with E-state index in [-0.39, 0.29) is 36.4 Å². The van der Waals surface area contributed by atoms with Gasteiger partial charge in [0.15, 0.2) is 5.96 Å². The van der Waals surface area contributed by atoms with Crippen molar-refractivity contribution < 1.29 is 9.21 Å². The average Bonchev–Trinajstić information content (AvgIpc) is 3.24. The number of piperazine rings is 1. The standard InChI is InChI=1S/C20H27ClN6O2.HI/c1-25(2)19(28)15-24-20(23-8-5-16-4-3-13-29-16)27-11-9-26(10-12-27)18-6-7-22-14-17(18)21;/h3-4,6-7,13-14H,5,8-12,15H2,1-2H3,(H,23,24);1H. The van der Waals surface area contributed by atoms with Gasteiger partial charge in [-0.25, -0.2) is 4.99 Å². The molecule has 0 spiro atoms. The SMILES string of the molecule is CN(C)C(=O)CN=C(NCCc1ccco1)N1CCN(c2ccncc2Cl)CC1.I. The number of rotatable bonds is 6. The molecular formula is C20H28ClIN6O2. The number of nitrogens with zero attached hydrogens (tertiary/aromatic N) is 5. The zero-order valence-electron chi connectivity index (χ0n) is 17.3. The number of amides is 1. The number of likely N-dealkylation sites (N-methyl/N-ethyl adjacent to an activating group) is 1. The molecule has 1 aliphatic rings. The number of furan rings is 1. The third kappa shape index (κ3) is 6.76. The van der Waals surface area contributed by atoms with Gasteiger partial charge in [-0.1, -0.05) is 11.6 Å². The molecule has 3 heterocycles. The van der Waals surface area contributed by atoms with Crippen LogP contribution in [0.4, 0.5) is 5.69 Å². The van der Waals surface area contributed by atoms with Crippen molar-refractivity contribution in [2.75, 3.05) is 58.3 Å². The molecule has 0 aromatic carbocycles. The summed E-state index contributed by atoms with van der Waals surface area (Å²) in [6, 6.07) is 5.76. The Morgan fingerprint density at radius 1 is 1.30 bits per heavy atom. The van der Waals surface area contributed by atoms with Gasteiger partial charge in [0.1, 0.15) is 12.3 Å². The van der Waals surface area contributed by atoms with Crippen LogP contribution in [0.3, 0.4) is 0 Å². The Hall–Kier alpha value is -2.01. The Morgan fingerprint density at radius 2 is 2.07 bits per heavy atom. The van der Waals surface area contributed by atoms with Crippen LogP contribution in [0.5, 0.6) is 0 Å². The van der Waals surface area contributed by atoms with Gasteiger partial charge in [-0.05, 0) is 18.2 Å². The number of aromatic nitrogens is 1. The molecule has 10 heteroatoms. The van der Waals surface area contributed by atoms with Crippen LogP contribution in [0.15, 0.2) is 46.3 Å². The molecule has 0 bridgehead atoms. The molecule has 0 aliphatic carbocycles. The van der Waals surface area contributed by atoms with Crippen molar-refractivity contribution in [3.05, 3.63) is 47.6 Å². The maximum Gasteiger partial charge on any atom is 0.243 e. The van der Waals surface area contributed by atoms with Gasteiger partial charge in [0.25, 0.3) is 0 Å². The topological polar surface area (TPSA) is 77.2 Å². The maximum atomic E-state index is 12.0. The van der Waals surface area contributed by atoms with Crippen molar-refractivity contribution in [1.82, 2.24) is 20.1 Å². The second kappa shape index (κ2) is 12.0. The van der Waals surface area contributed by atoms with Gasteiger partial charge in [0.2, 0.25) is 5.91 Å². The summed E-state index contributed by atoms with van der Waals surface area (Å²) in [6.45, 7) is 3.97. The largest absolute Gasteiger partial charge is 0.469 e. The summed E-state index contributed by atoms with van der Waals surface area (Å²) < 4.78 is 5.39. The van der Waals surface area contributed by atoms with Crippen LogP contribution in [0.25, 0.3) is 0 Å². The molecule has 164 valence electrons. The van der Waals surface area contributed by atoms with Crippen molar-refractivity contribution in [3.8, 4) is 0 Å². The van der Waals surface area contributed by atoms with Crippen molar-refractivity contribution >= 4 is 53.1 Å². The van der Waals surface area contributed by atoms with Crippen LogP contribution >= 0.6 is 35.6 Å². The molecule has 30 heavy (non-hydrogen) atoms. The van der Waals surface area contributed by atoms with Crippen molar-refractivity contribution in [2.45, 2.75) is 6.42 Å². The zero-order chi connectivity index (χ0) is 20.6. The van der Waals surface area contributed by atoms with Crippen molar-refractivity contribution in [2.24, 2.45) is 4.99 Å². The molecule has 2 aromatic rings. The highest BCUT2D eigenvalue weighted by Crippen LogP contribution is 2.25. The molecule has 1 aliphatic heterocycles.